The maximum Gasteiger partial charge on any atom is 0.240 e. The average Bonchev–Trinajstić information content (AvgIpc) is 2.52. The summed E-state index contributed by atoms with van der Waals surface area (Å²) in [4.78, 5) is 12.2. The molecule has 0 spiro atoms. The summed E-state index contributed by atoms with van der Waals surface area (Å²) in [5.41, 5.74) is 3.43. The van der Waals surface area contributed by atoms with Gasteiger partial charge in [-0.1, -0.05) is 17.7 Å². The van der Waals surface area contributed by atoms with Gasteiger partial charge in [0.15, 0.2) is 0 Å². The molecule has 0 unspecified atom stereocenters. The van der Waals surface area contributed by atoms with E-state index in [0.29, 0.717) is 10.7 Å². The van der Waals surface area contributed by atoms with Crippen LogP contribution >= 0.6 is 11.6 Å². The third-order valence-electron chi connectivity index (χ3n) is 3.90. The Morgan fingerprint density at radius 3 is 2.36 bits per heavy atom. The molecule has 2 N–H and O–H groups in total. The summed E-state index contributed by atoms with van der Waals surface area (Å²) in [6.45, 7) is 5.64. The van der Waals surface area contributed by atoms with Crippen LogP contribution in [0.15, 0.2) is 41.3 Å². The summed E-state index contributed by atoms with van der Waals surface area (Å²) in [7, 11) is -3.63. The highest BCUT2D eigenvalue weighted by atomic mass is 35.5. The van der Waals surface area contributed by atoms with E-state index in [1.807, 2.05) is 20.8 Å². The summed E-state index contributed by atoms with van der Waals surface area (Å²) >= 11 is 5.88. The van der Waals surface area contributed by atoms with Crippen molar-refractivity contribution in [2.45, 2.75) is 32.1 Å². The van der Waals surface area contributed by atoms with Crippen LogP contribution in [0.1, 0.15) is 23.1 Å². The van der Waals surface area contributed by atoms with Crippen molar-refractivity contribution < 1.29 is 13.2 Å². The number of carbonyl (C=O) groups is 1. The molecule has 0 saturated heterocycles. The van der Waals surface area contributed by atoms with Gasteiger partial charge < -0.3 is 5.32 Å². The van der Waals surface area contributed by atoms with Gasteiger partial charge in [0.1, 0.15) is 0 Å². The van der Waals surface area contributed by atoms with Crippen LogP contribution in [0.2, 0.25) is 5.02 Å². The fourth-order valence-electron chi connectivity index (χ4n) is 2.24. The second-order valence-corrected chi connectivity index (χ2v) is 8.10. The minimum Gasteiger partial charge on any atom is -0.326 e. The van der Waals surface area contributed by atoms with Crippen LogP contribution in [-0.2, 0) is 14.8 Å². The molecule has 2 rings (SSSR count). The first-order chi connectivity index (χ1) is 11.7. The van der Waals surface area contributed by atoms with Crippen LogP contribution in [0, 0.1) is 20.8 Å². The van der Waals surface area contributed by atoms with E-state index in [2.05, 4.69) is 10.0 Å². The third-order valence-corrected chi connectivity index (χ3v) is 5.59. The minimum atomic E-state index is -3.63. The fourth-order valence-corrected chi connectivity index (χ4v) is 3.59. The molecule has 0 fully saturated rings. The quantitative estimate of drug-likeness (QED) is 0.804. The molecule has 0 aliphatic heterocycles. The average molecular weight is 381 g/mol. The number of rotatable bonds is 6. The molecule has 25 heavy (non-hydrogen) atoms. The molecule has 5 nitrogen and oxygen atoms in total. The molecule has 1 amide bonds. The predicted octanol–water partition coefficient (Wildman–Crippen LogP) is 3.57. The predicted molar refractivity (Wildman–Crippen MR) is 101 cm³/mol. The first kappa shape index (κ1) is 19.4. The zero-order chi connectivity index (χ0) is 18.6. The Labute approximate surface area is 153 Å². The molecule has 0 saturated carbocycles. The van der Waals surface area contributed by atoms with Crippen LogP contribution in [0.5, 0.6) is 0 Å². The van der Waals surface area contributed by atoms with Crippen LogP contribution in [0.4, 0.5) is 5.69 Å². The number of benzene rings is 2. The Kier molecular flexibility index (Phi) is 6.21. The smallest absolute Gasteiger partial charge is 0.240 e. The van der Waals surface area contributed by atoms with Crippen molar-refractivity contribution in [3.63, 3.8) is 0 Å². The lowest BCUT2D eigenvalue weighted by molar-refractivity contribution is -0.116. The second-order valence-electron chi connectivity index (χ2n) is 5.90. The molecule has 0 radical (unpaired) electrons. The molecule has 0 aromatic heterocycles. The molecule has 7 heteroatoms. The van der Waals surface area contributed by atoms with E-state index in [9.17, 15) is 13.2 Å². The van der Waals surface area contributed by atoms with Crippen LogP contribution in [-0.4, -0.2) is 20.9 Å². The Morgan fingerprint density at radius 2 is 1.72 bits per heavy atom. The molecule has 0 aliphatic rings. The number of nitrogens with one attached hydrogen (secondary N) is 2. The van der Waals surface area contributed by atoms with Gasteiger partial charge in [0.05, 0.1) is 4.90 Å². The van der Waals surface area contributed by atoms with Crippen molar-refractivity contribution >= 4 is 33.2 Å². The van der Waals surface area contributed by atoms with Gasteiger partial charge in [-0.25, -0.2) is 13.1 Å². The van der Waals surface area contributed by atoms with Crippen LogP contribution in [0.3, 0.4) is 0 Å². The number of carbonyl (C=O) groups excluding carboxylic acids is 1. The number of sulfonamides is 1. The van der Waals surface area contributed by atoms with Gasteiger partial charge in [-0.15, -0.1) is 0 Å². The van der Waals surface area contributed by atoms with E-state index in [1.165, 1.54) is 0 Å². The standard InChI is InChI=1S/C18H21ClN2O3S/c1-12-4-6-16(11-13(12)2)25(23,24)20-9-8-18(22)21-17-7-5-15(19)10-14(17)3/h4-7,10-11,20H,8-9H2,1-3H3,(H,21,22). The lowest BCUT2D eigenvalue weighted by Gasteiger charge is -2.10. The molecule has 2 aromatic rings. The summed E-state index contributed by atoms with van der Waals surface area (Å²) in [5, 5.41) is 3.34. The van der Waals surface area contributed by atoms with Gasteiger partial charge in [-0.2, -0.15) is 0 Å². The molecule has 0 aliphatic carbocycles. The van der Waals surface area contributed by atoms with Gasteiger partial charge >= 0.3 is 0 Å². The number of hydrogen-bond acceptors (Lipinski definition) is 3. The minimum absolute atomic E-state index is 0.0216. The number of amides is 1. The van der Waals surface area contributed by atoms with Crippen molar-refractivity contribution in [3.05, 3.63) is 58.1 Å². The van der Waals surface area contributed by atoms with E-state index in [-0.39, 0.29) is 23.8 Å². The van der Waals surface area contributed by atoms with Gasteiger partial charge in [-0.05, 0) is 67.8 Å². The first-order valence-electron chi connectivity index (χ1n) is 7.82. The topological polar surface area (TPSA) is 75.3 Å². The Balaban J connectivity index is 1.92. The number of halogens is 1. The second kappa shape index (κ2) is 7.99. The maximum atomic E-state index is 12.3. The summed E-state index contributed by atoms with van der Waals surface area (Å²) in [6.07, 6.45) is 0.0339. The van der Waals surface area contributed by atoms with Crippen molar-refractivity contribution in [3.8, 4) is 0 Å². The molecule has 134 valence electrons. The normalized spacial score (nSPS) is 11.4. The Hall–Kier alpha value is -1.89. The summed E-state index contributed by atoms with van der Waals surface area (Å²) in [5.74, 6) is -0.270. The Morgan fingerprint density at radius 1 is 1.00 bits per heavy atom. The van der Waals surface area contributed by atoms with E-state index in [4.69, 9.17) is 11.6 Å². The van der Waals surface area contributed by atoms with E-state index >= 15 is 0 Å². The van der Waals surface area contributed by atoms with Gasteiger partial charge in [0.2, 0.25) is 15.9 Å². The highest BCUT2D eigenvalue weighted by molar-refractivity contribution is 7.89. The van der Waals surface area contributed by atoms with Crippen molar-refractivity contribution in [2.75, 3.05) is 11.9 Å². The van der Waals surface area contributed by atoms with Crippen molar-refractivity contribution in [2.24, 2.45) is 0 Å². The molecule has 0 bridgehead atoms. The molecular weight excluding hydrogens is 360 g/mol. The SMILES string of the molecule is Cc1ccc(S(=O)(=O)NCCC(=O)Nc2ccc(Cl)cc2C)cc1C. The van der Waals surface area contributed by atoms with E-state index in [1.54, 1.807) is 36.4 Å². The van der Waals surface area contributed by atoms with Crippen LogP contribution < -0.4 is 10.0 Å². The monoisotopic (exact) mass is 380 g/mol. The van der Waals surface area contributed by atoms with Crippen molar-refractivity contribution in [1.82, 2.24) is 4.72 Å². The van der Waals surface area contributed by atoms with Gasteiger partial charge in [0, 0.05) is 23.7 Å². The number of aryl methyl sites for hydroxylation is 3. The van der Waals surface area contributed by atoms with Crippen molar-refractivity contribution in [1.29, 1.82) is 0 Å². The summed E-state index contributed by atoms with van der Waals surface area (Å²) in [6, 6.07) is 10.1. The Bertz CT molecular complexity index is 895. The molecule has 0 atom stereocenters. The highest BCUT2D eigenvalue weighted by Gasteiger charge is 2.15. The summed E-state index contributed by atoms with van der Waals surface area (Å²) < 4.78 is 27.0. The molecule has 0 heterocycles. The zero-order valence-corrected chi connectivity index (χ0v) is 16.0. The first-order valence-corrected chi connectivity index (χ1v) is 9.68. The molecule has 2 aromatic carbocycles. The number of anilines is 1. The maximum absolute atomic E-state index is 12.3. The van der Waals surface area contributed by atoms with E-state index < -0.39 is 10.0 Å². The number of hydrogen-bond donors (Lipinski definition) is 2. The lowest BCUT2D eigenvalue weighted by Crippen LogP contribution is -2.28. The third kappa shape index (κ3) is 5.29. The zero-order valence-electron chi connectivity index (χ0n) is 14.4. The van der Waals surface area contributed by atoms with Gasteiger partial charge in [0.25, 0.3) is 0 Å². The largest absolute Gasteiger partial charge is 0.326 e. The van der Waals surface area contributed by atoms with Crippen LogP contribution in [0.25, 0.3) is 0 Å². The van der Waals surface area contributed by atoms with Gasteiger partial charge in [-0.3, -0.25) is 4.79 Å². The fraction of sp³-hybridized carbons (Fsp3) is 0.278. The van der Waals surface area contributed by atoms with E-state index in [0.717, 1.165) is 16.7 Å². The molecular formula is C18H21ClN2O3S. The highest BCUT2D eigenvalue weighted by Crippen LogP contribution is 2.19. The lowest BCUT2D eigenvalue weighted by atomic mass is 10.1.